The van der Waals surface area contributed by atoms with Gasteiger partial charge in [0.15, 0.2) is 0 Å². The molecule has 60 heavy (non-hydrogen) atoms. The van der Waals surface area contributed by atoms with Crippen molar-refractivity contribution in [1.82, 2.24) is 5.32 Å². The summed E-state index contributed by atoms with van der Waals surface area (Å²) in [5.74, 6) is -0.474. The molecular formula is C54H103NO5. The van der Waals surface area contributed by atoms with Gasteiger partial charge in [-0.15, -0.1) is 0 Å². The molecule has 354 valence electrons. The highest BCUT2D eigenvalue weighted by molar-refractivity contribution is 5.77. The number of aliphatic hydroxyl groups excluding tert-OH is 2. The van der Waals surface area contributed by atoms with Crippen LogP contribution in [-0.4, -0.2) is 46.9 Å². The number of aliphatic hydroxyl groups is 2. The number of hydrogen-bond acceptors (Lipinski definition) is 5. The summed E-state index contributed by atoms with van der Waals surface area (Å²) >= 11 is 0. The average Bonchev–Trinajstić information content (AvgIpc) is 3.24. The number of unbranched alkanes of at least 4 members (excludes halogenated alkanes) is 33. The predicted molar refractivity (Wildman–Crippen MR) is 260 cm³/mol. The van der Waals surface area contributed by atoms with E-state index in [0.29, 0.717) is 19.3 Å². The predicted octanol–water partition coefficient (Wildman–Crippen LogP) is 15.9. The molecule has 3 unspecified atom stereocenters. The van der Waals surface area contributed by atoms with Crippen LogP contribution >= 0.6 is 0 Å². The number of carbonyl (C=O) groups is 2. The van der Waals surface area contributed by atoms with Crippen molar-refractivity contribution in [2.45, 2.75) is 302 Å². The summed E-state index contributed by atoms with van der Waals surface area (Å²) in [4.78, 5) is 26.1. The van der Waals surface area contributed by atoms with Gasteiger partial charge in [0, 0.05) is 6.42 Å². The maximum absolute atomic E-state index is 13.2. The quantitative estimate of drug-likeness (QED) is 0.0322. The molecule has 0 radical (unpaired) electrons. The minimum Gasteiger partial charge on any atom is -0.462 e. The number of carbonyl (C=O) groups excluding carboxylic acids is 2. The Kier molecular flexibility index (Phi) is 47.0. The second-order valence-electron chi connectivity index (χ2n) is 18.3. The van der Waals surface area contributed by atoms with Crippen LogP contribution < -0.4 is 5.32 Å². The van der Waals surface area contributed by atoms with Crippen molar-refractivity contribution in [3.8, 4) is 0 Å². The minimum absolute atomic E-state index is 0.0779. The number of rotatable bonds is 48. The number of hydrogen-bond donors (Lipinski definition) is 3. The van der Waals surface area contributed by atoms with Crippen LogP contribution in [0.4, 0.5) is 0 Å². The first-order valence-electron chi connectivity index (χ1n) is 26.6. The molecule has 0 bridgehead atoms. The van der Waals surface area contributed by atoms with E-state index in [4.69, 9.17) is 4.74 Å². The van der Waals surface area contributed by atoms with Crippen molar-refractivity contribution in [1.29, 1.82) is 0 Å². The van der Waals surface area contributed by atoms with E-state index in [1.165, 1.54) is 186 Å². The van der Waals surface area contributed by atoms with Crippen LogP contribution in [0.25, 0.3) is 0 Å². The van der Waals surface area contributed by atoms with Crippen molar-refractivity contribution >= 4 is 11.9 Å². The fourth-order valence-corrected chi connectivity index (χ4v) is 8.25. The zero-order valence-electron chi connectivity index (χ0n) is 40.4. The largest absolute Gasteiger partial charge is 0.462 e. The highest BCUT2D eigenvalue weighted by Gasteiger charge is 2.24. The van der Waals surface area contributed by atoms with Crippen molar-refractivity contribution in [2.75, 3.05) is 6.61 Å². The minimum atomic E-state index is -0.785. The van der Waals surface area contributed by atoms with E-state index in [1.54, 1.807) is 0 Å². The molecule has 0 rings (SSSR count). The Morgan fingerprint density at radius 1 is 0.483 bits per heavy atom. The van der Waals surface area contributed by atoms with Gasteiger partial charge in [0.05, 0.1) is 25.2 Å². The van der Waals surface area contributed by atoms with Crippen molar-refractivity contribution < 1.29 is 24.5 Å². The number of allylic oxidation sites excluding steroid dienone is 4. The van der Waals surface area contributed by atoms with E-state index in [0.717, 1.165) is 51.4 Å². The van der Waals surface area contributed by atoms with Crippen LogP contribution in [0.5, 0.6) is 0 Å². The molecule has 0 aliphatic rings. The molecule has 0 aromatic rings. The number of ether oxygens (including phenoxy) is 1. The fourth-order valence-electron chi connectivity index (χ4n) is 8.25. The topological polar surface area (TPSA) is 95.9 Å². The van der Waals surface area contributed by atoms with E-state index in [1.807, 2.05) is 0 Å². The lowest BCUT2D eigenvalue weighted by Gasteiger charge is -2.24. The Balaban J connectivity index is 4.46. The lowest BCUT2D eigenvalue weighted by molar-refractivity contribution is -0.151. The van der Waals surface area contributed by atoms with Crippen LogP contribution in [0.3, 0.4) is 0 Å². The monoisotopic (exact) mass is 846 g/mol. The Morgan fingerprint density at radius 3 is 1.27 bits per heavy atom. The van der Waals surface area contributed by atoms with E-state index in [9.17, 15) is 19.8 Å². The third kappa shape index (κ3) is 43.0. The summed E-state index contributed by atoms with van der Waals surface area (Å²) in [5, 5.41) is 23.8. The van der Waals surface area contributed by atoms with Crippen LogP contribution in [0.2, 0.25) is 0 Å². The number of amides is 1. The second-order valence-corrected chi connectivity index (χ2v) is 18.3. The standard InChI is InChI=1S/C54H103NO5/c1-4-7-10-13-16-19-22-24-26-28-29-31-34-37-40-43-46-52(57)51(49-56)55-53(58)48-50(45-42-39-36-33-21-18-15-12-9-6-3)60-54(59)47-44-41-38-35-32-30-27-25-23-20-17-14-11-8-5-2/h17,20,23,25,50-52,56-57H,4-16,18-19,21-22,24,26-49H2,1-3H3,(H,55,58)/b20-17+,25-23+. The van der Waals surface area contributed by atoms with Crippen LogP contribution in [0.15, 0.2) is 24.3 Å². The van der Waals surface area contributed by atoms with Crippen molar-refractivity contribution in [2.24, 2.45) is 0 Å². The smallest absolute Gasteiger partial charge is 0.306 e. The molecule has 3 atom stereocenters. The molecule has 0 saturated carbocycles. The first kappa shape index (κ1) is 58.3. The Labute approximate surface area is 373 Å². The maximum Gasteiger partial charge on any atom is 0.306 e. The summed E-state index contributed by atoms with van der Waals surface area (Å²) < 4.78 is 5.92. The average molecular weight is 846 g/mol. The van der Waals surface area contributed by atoms with E-state index in [2.05, 4.69) is 50.4 Å². The molecule has 0 aliphatic heterocycles. The molecule has 0 aromatic carbocycles. The van der Waals surface area contributed by atoms with Gasteiger partial charge in [0.2, 0.25) is 5.91 Å². The zero-order chi connectivity index (χ0) is 43.8. The first-order chi connectivity index (χ1) is 29.5. The van der Waals surface area contributed by atoms with Crippen LogP contribution in [0, 0.1) is 0 Å². The van der Waals surface area contributed by atoms with E-state index in [-0.39, 0.29) is 24.9 Å². The summed E-state index contributed by atoms with van der Waals surface area (Å²) in [6.07, 6.45) is 55.2. The lowest BCUT2D eigenvalue weighted by atomic mass is 10.0. The van der Waals surface area contributed by atoms with Gasteiger partial charge in [0.25, 0.3) is 0 Å². The van der Waals surface area contributed by atoms with Gasteiger partial charge < -0.3 is 20.3 Å². The summed E-state index contributed by atoms with van der Waals surface area (Å²) in [6.45, 7) is 6.47. The molecule has 1 amide bonds. The highest BCUT2D eigenvalue weighted by Crippen LogP contribution is 2.18. The number of esters is 1. The zero-order valence-corrected chi connectivity index (χ0v) is 40.4. The van der Waals surface area contributed by atoms with Crippen molar-refractivity contribution in [3.05, 3.63) is 24.3 Å². The van der Waals surface area contributed by atoms with Gasteiger partial charge in [-0.1, -0.05) is 244 Å². The SMILES string of the molecule is CCCCC/C=C/C=C/CCCCCCCCC(=O)OC(CCCCCCCCCCCC)CC(=O)NC(CO)C(O)CCCCCCCCCCCCCCCCCC. The molecule has 0 aliphatic carbocycles. The van der Waals surface area contributed by atoms with Crippen LogP contribution in [0.1, 0.15) is 284 Å². The highest BCUT2D eigenvalue weighted by atomic mass is 16.5. The molecule has 0 aromatic heterocycles. The Bertz CT molecular complexity index is 950. The van der Waals surface area contributed by atoms with Gasteiger partial charge in [-0.3, -0.25) is 9.59 Å². The normalized spacial score (nSPS) is 13.3. The third-order valence-electron chi connectivity index (χ3n) is 12.3. The van der Waals surface area contributed by atoms with Crippen LogP contribution in [-0.2, 0) is 14.3 Å². The molecule has 0 fully saturated rings. The molecular weight excluding hydrogens is 743 g/mol. The van der Waals surface area contributed by atoms with Gasteiger partial charge >= 0.3 is 5.97 Å². The molecule has 0 saturated heterocycles. The lowest BCUT2D eigenvalue weighted by Crippen LogP contribution is -2.46. The van der Waals surface area contributed by atoms with Gasteiger partial charge in [0.1, 0.15) is 6.10 Å². The van der Waals surface area contributed by atoms with E-state index >= 15 is 0 Å². The van der Waals surface area contributed by atoms with Gasteiger partial charge in [-0.05, 0) is 51.4 Å². The van der Waals surface area contributed by atoms with Crippen molar-refractivity contribution in [3.63, 3.8) is 0 Å². The Morgan fingerprint density at radius 2 is 0.833 bits per heavy atom. The summed E-state index contributed by atoms with van der Waals surface area (Å²) in [6, 6.07) is -0.698. The summed E-state index contributed by atoms with van der Waals surface area (Å²) in [7, 11) is 0. The molecule has 6 nitrogen and oxygen atoms in total. The molecule has 0 spiro atoms. The second kappa shape index (κ2) is 48.4. The summed E-state index contributed by atoms with van der Waals surface area (Å²) in [5.41, 5.74) is 0. The first-order valence-corrected chi connectivity index (χ1v) is 26.6. The number of nitrogens with one attached hydrogen (secondary N) is 1. The molecule has 6 heteroatoms. The molecule has 0 heterocycles. The Hall–Kier alpha value is -1.66. The fraction of sp³-hybridized carbons (Fsp3) is 0.889. The maximum atomic E-state index is 13.2. The van der Waals surface area contributed by atoms with Gasteiger partial charge in [-0.25, -0.2) is 0 Å². The molecule has 3 N–H and O–H groups in total. The van der Waals surface area contributed by atoms with E-state index < -0.39 is 18.2 Å². The third-order valence-corrected chi connectivity index (χ3v) is 12.3. The van der Waals surface area contributed by atoms with Gasteiger partial charge in [-0.2, -0.15) is 0 Å².